The molecule has 0 saturated carbocycles. The summed E-state index contributed by atoms with van der Waals surface area (Å²) in [5, 5.41) is 10.7. The Kier molecular flexibility index (Phi) is 4.43. The molecule has 1 aromatic rings. The van der Waals surface area contributed by atoms with E-state index in [-0.39, 0.29) is 5.92 Å². The van der Waals surface area contributed by atoms with Gasteiger partial charge in [-0.3, -0.25) is 4.79 Å². The van der Waals surface area contributed by atoms with E-state index in [4.69, 9.17) is 19.9 Å². The normalized spacial score (nSPS) is 27.8. The Bertz CT molecular complexity index is 588. The maximum absolute atomic E-state index is 11.9. The second kappa shape index (κ2) is 6.35. The molecule has 2 aliphatic rings. The van der Waals surface area contributed by atoms with Crippen molar-refractivity contribution in [1.29, 1.82) is 0 Å². The predicted octanol–water partition coefficient (Wildman–Crippen LogP) is 0.412. The summed E-state index contributed by atoms with van der Waals surface area (Å²) in [6, 6.07) is 5.42. The number of methoxy groups -OCH3 is 1. The molecule has 0 radical (unpaired) electrons. The van der Waals surface area contributed by atoms with Crippen LogP contribution in [0.3, 0.4) is 0 Å². The summed E-state index contributed by atoms with van der Waals surface area (Å²) in [6.45, 7) is 3.27. The summed E-state index contributed by atoms with van der Waals surface area (Å²) in [6.07, 6.45) is -1.26. The Morgan fingerprint density at radius 2 is 2.13 bits per heavy atom. The predicted molar refractivity (Wildman–Crippen MR) is 83.1 cm³/mol. The second-order valence-electron chi connectivity index (χ2n) is 5.90. The van der Waals surface area contributed by atoms with Crippen molar-refractivity contribution in [3.63, 3.8) is 0 Å². The fourth-order valence-corrected chi connectivity index (χ4v) is 3.34. The van der Waals surface area contributed by atoms with Gasteiger partial charge < -0.3 is 30.0 Å². The van der Waals surface area contributed by atoms with Gasteiger partial charge in [-0.05, 0) is 11.6 Å². The first-order valence-corrected chi connectivity index (χ1v) is 7.68. The number of fused-ring (bicyclic) bond motifs is 1. The van der Waals surface area contributed by atoms with Crippen LogP contribution in [0.15, 0.2) is 18.2 Å². The van der Waals surface area contributed by atoms with Gasteiger partial charge in [0.1, 0.15) is 12.0 Å². The van der Waals surface area contributed by atoms with Gasteiger partial charge in [0.25, 0.3) is 0 Å². The number of aliphatic hydroxyl groups is 1. The van der Waals surface area contributed by atoms with Gasteiger partial charge in [-0.25, -0.2) is 0 Å². The number of nitrogens with two attached hydrogens (primary N) is 1. The van der Waals surface area contributed by atoms with Crippen molar-refractivity contribution in [2.24, 2.45) is 11.7 Å². The lowest BCUT2D eigenvalue weighted by molar-refractivity contribution is -0.122. The number of aliphatic hydroxyl groups excluding tert-OH is 1. The lowest BCUT2D eigenvalue weighted by atomic mass is 9.80. The molecule has 126 valence electrons. The van der Waals surface area contributed by atoms with Gasteiger partial charge >= 0.3 is 0 Å². The molecule has 0 aromatic heterocycles. The van der Waals surface area contributed by atoms with Crippen LogP contribution in [-0.4, -0.2) is 50.4 Å². The molecule has 1 saturated heterocycles. The average Bonchev–Trinajstić information content (AvgIpc) is 3.04. The zero-order valence-electron chi connectivity index (χ0n) is 13.3. The van der Waals surface area contributed by atoms with Crippen molar-refractivity contribution >= 4 is 11.6 Å². The monoisotopic (exact) mass is 322 g/mol. The Balaban J connectivity index is 2.01. The summed E-state index contributed by atoms with van der Waals surface area (Å²) < 4.78 is 16.2. The first-order valence-electron chi connectivity index (χ1n) is 7.68. The number of benzene rings is 1. The molecule has 7 nitrogen and oxygen atoms in total. The van der Waals surface area contributed by atoms with Crippen LogP contribution >= 0.6 is 0 Å². The Morgan fingerprint density at radius 3 is 2.74 bits per heavy atom. The number of hydrogen-bond acceptors (Lipinski definition) is 6. The molecule has 0 spiro atoms. The Morgan fingerprint density at radius 1 is 1.43 bits per heavy atom. The number of hydrogen-bond donors (Lipinski definition) is 2. The van der Waals surface area contributed by atoms with E-state index in [9.17, 15) is 9.90 Å². The van der Waals surface area contributed by atoms with Crippen LogP contribution in [0.25, 0.3) is 0 Å². The molecule has 2 aliphatic heterocycles. The highest BCUT2D eigenvalue weighted by atomic mass is 16.7. The van der Waals surface area contributed by atoms with E-state index in [1.807, 2.05) is 13.0 Å². The molecule has 7 heteroatoms. The fourth-order valence-electron chi connectivity index (χ4n) is 3.34. The van der Waals surface area contributed by atoms with Gasteiger partial charge in [0.2, 0.25) is 5.91 Å². The highest BCUT2D eigenvalue weighted by Gasteiger charge is 2.41. The van der Waals surface area contributed by atoms with E-state index < -0.39 is 24.3 Å². The van der Waals surface area contributed by atoms with E-state index >= 15 is 0 Å². The highest BCUT2D eigenvalue weighted by Crippen LogP contribution is 2.43. The van der Waals surface area contributed by atoms with Gasteiger partial charge in [-0.1, -0.05) is 13.0 Å². The Hall–Kier alpha value is -1.83. The van der Waals surface area contributed by atoms with Crippen molar-refractivity contribution in [1.82, 2.24) is 0 Å². The molecule has 3 N–H and O–H groups in total. The third-order valence-electron chi connectivity index (χ3n) is 4.54. The molecule has 1 aromatic carbocycles. The van der Waals surface area contributed by atoms with Gasteiger partial charge in [-0.2, -0.15) is 0 Å². The van der Waals surface area contributed by atoms with Crippen LogP contribution < -0.4 is 15.4 Å². The van der Waals surface area contributed by atoms with Crippen molar-refractivity contribution in [2.75, 3.05) is 31.8 Å². The number of ether oxygens (including phenoxy) is 3. The van der Waals surface area contributed by atoms with E-state index in [1.54, 1.807) is 24.1 Å². The first-order chi connectivity index (χ1) is 11.0. The maximum Gasteiger partial charge on any atom is 0.225 e. The molecule has 3 atom stereocenters. The maximum atomic E-state index is 11.9. The molecule has 1 amide bonds. The molecule has 0 aliphatic carbocycles. The zero-order chi connectivity index (χ0) is 16.6. The fraction of sp³-hybridized carbons (Fsp3) is 0.562. The van der Waals surface area contributed by atoms with Crippen LogP contribution in [0, 0.1) is 5.92 Å². The number of anilines is 1. The molecule has 3 unspecified atom stereocenters. The largest absolute Gasteiger partial charge is 0.497 e. The SMILES string of the molecule is COc1ccc2c(c1)N(CC1OCCO1)C(O)C(C)C2C(N)=O. The van der Waals surface area contributed by atoms with Crippen LogP contribution in [0.5, 0.6) is 5.75 Å². The quantitative estimate of drug-likeness (QED) is 0.834. The summed E-state index contributed by atoms with van der Waals surface area (Å²) in [7, 11) is 1.57. The molecule has 2 heterocycles. The number of rotatable bonds is 4. The van der Waals surface area contributed by atoms with Gasteiger partial charge in [0.05, 0.1) is 32.8 Å². The Labute approximate surface area is 134 Å². The zero-order valence-corrected chi connectivity index (χ0v) is 13.3. The van der Waals surface area contributed by atoms with E-state index in [0.717, 1.165) is 11.3 Å². The van der Waals surface area contributed by atoms with Gasteiger partial charge in [-0.15, -0.1) is 0 Å². The van der Waals surface area contributed by atoms with E-state index in [0.29, 0.717) is 25.5 Å². The lowest BCUT2D eigenvalue weighted by Gasteiger charge is -2.43. The smallest absolute Gasteiger partial charge is 0.225 e. The second-order valence-corrected chi connectivity index (χ2v) is 5.90. The van der Waals surface area contributed by atoms with Crippen LogP contribution in [0.2, 0.25) is 0 Å². The third-order valence-corrected chi connectivity index (χ3v) is 4.54. The van der Waals surface area contributed by atoms with Crippen molar-refractivity contribution in [2.45, 2.75) is 25.4 Å². The number of carbonyl (C=O) groups is 1. The molecule has 0 bridgehead atoms. The summed E-state index contributed by atoms with van der Waals surface area (Å²) >= 11 is 0. The minimum Gasteiger partial charge on any atom is -0.497 e. The van der Waals surface area contributed by atoms with E-state index in [1.165, 1.54) is 0 Å². The van der Waals surface area contributed by atoms with Crippen LogP contribution in [0.1, 0.15) is 18.4 Å². The molecule has 1 fully saturated rings. The molecule has 23 heavy (non-hydrogen) atoms. The van der Waals surface area contributed by atoms with Crippen LogP contribution in [0.4, 0.5) is 5.69 Å². The van der Waals surface area contributed by atoms with Gasteiger partial charge in [0.15, 0.2) is 6.29 Å². The number of nitrogens with zero attached hydrogens (tertiary/aromatic N) is 1. The minimum atomic E-state index is -0.861. The highest BCUT2D eigenvalue weighted by molar-refractivity contribution is 5.86. The third kappa shape index (κ3) is 2.87. The molecule has 3 rings (SSSR count). The molecular weight excluding hydrogens is 300 g/mol. The van der Waals surface area contributed by atoms with Gasteiger partial charge in [0, 0.05) is 17.7 Å². The van der Waals surface area contributed by atoms with Crippen molar-refractivity contribution in [3.8, 4) is 5.75 Å². The standard InChI is InChI=1S/C16H22N2O5/c1-9-14(15(17)19)11-4-3-10(21-2)7-12(11)18(16(9)20)8-13-22-5-6-23-13/h3-4,7,9,13-14,16,20H,5-6,8H2,1-2H3,(H2,17,19). The summed E-state index contributed by atoms with van der Waals surface area (Å²) in [5.41, 5.74) is 7.07. The first kappa shape index (κ1) is 16.0. The van der Waals surface area contributed by atoms with Crippen molar-refractivity contribution < 1.29 is 24.1 Å². The minimum absolute atomic E-state index is 0.338. The number of amides is 1. The molecular formula is C16H22N2O5. The van der Waals surface area contributed by atoms with Crippen molar-refractivity contribution in [3.05, 3.63) is 23.8 Å². The lowest BCUT2D eigenvalue weighted by Crippen LogP contribution is -2.51. The summed E-state index contributed by atoms with van der Waals surface area (Å²) in [4.78, 5) is 13.7. The van der Waals surface area contributed by atoms with Crippen LogP contribution in [-0.2, 0) is 14.3 Å². The average molecular weight is 322 g/mol. The topological polar surface area (TPSA) is 94.2 Å². The van der Waals surface area contributed by atoms with E-state index in [2.05, 4.69) is 0 Å². The number of carbonyl (C=O) groups excluding carboxylic acids is 1. The number of primary amides is 1. The summed E-state index contributed by atoms with van der Waals surface area (Å²) in [5.74, 6) is -0.690.